The molecular weight excluding hydrogens is 373 g/mol. The summed E-state index contributed by atoms with van der Waals surface area (Å²) in [6.45, 7) is 2.06. The van der Waals surface area contributed by atoms with Gasteiger partial charge in [-0.1, -0.05) is 96.6 Å². The number of benzene rings is 4. The van der Waals surface area contributed by atoms with Crippen LogP contribution in [0.2, 0.25) is 0 Å². The molecule has 142 valence electrons. The Kier molecular flexibility index (Phi) is 5.55. The molecule has 0 saturated heterocycles. The van der Waals surface area contributed by atoms with Gasteiger partial charge in [0.05, 0.1) is 5.71 Å². The van der Waals surface area contributed by atoms with Gasteiger partial charge in [-0.3, -0.25) is 4.57 Å². The SMILES string of the molecule is Cc1ccc(/C(=N/P(=O)(c2ccccc2)c2ccccc2)c2ccccc2)cc1. The van der Waals surface area contributed by atoms with Crippen LogP contribution in [0.5, 0.6) is 0 Å². The molecule has 0 unspecified atom stereocenters. The summed E-state index contributed by atoms with van der Waals surface area (Å²) < 4.78 is 19.4. The number of hydrogen-bond acceptors (Lipinski definition) is 1. The number of rotatable bonds is 5. The lowest BCUT2D eigenvalue weighted by Gasteiger charge is -2.18. The molecule has 0 heterocycles. The molecular formula is C26H22NOP. The summed E-state index contributed by atoms with van der Waals surface area (Å²) in [6.07, 6.45) is 0. The van der Waals surface area contributed by atoms with Gasteiger partial charge in [-0.05, 0) is 31.2 Å². The lowest BCUT2D eigenvalue weighted by atomic mass is 10.0. The van der Waals surface area contributed by atoms with Crippen molar-refractivity contribution in [2.45, 2.75) is 6.92 Å². The van der Waals surface area contributed by atoms with E-state index in [1.165, 1.54) is 5.56 Å². The summed E-state index contributed by atoms with van der Waals surface area (Å²) in [6, 6.07) is 37.3. The molecule has 0 bridgehead atoms. The predicted octanol–water partition coefficient (Wildman–Crippen LogP) is 5.76. The zero-order chi connectivity index (χ0) is 20.1. The van der Waals surface area contributed by atoms with E-state index in [-0.39, 0.29) is 0 Å². The average molecular weight is 395 g/mol. The van der Waals surface area contributed by atoms with E-state index in [4.69, 9.17) is 4.76 Å². The van der Waals surface area contributed by atoms with Crippen LogP contribution in [0.15, 0.2) is 120 Å². The van der Waals surface area contributed by atoms with Gasteiger partial charge in [-0.25, -0.2) is 4.76 Å². The van der Waals surface area contributed by atoms with Crippen molar-refractivity contribution in [1.29, 1.82) is 0 Å². The van der Waals surface area contributed by atoms with E-state index in [1.54, 1.807) is 0 Å². The molecule has 4 aromatic carbocycles. The van der Waals surface area contributed by atoms with Crippen molar-refractivity contribution in [2.24, 2.45) is 4.76 Å². The second-order valence-electron chi connectivity index (χ2n) is 6.93. The smallest absolute Gasteiger partial charge is 0.247 e. The fourth-order valence-corrected chi connectivity index (χ4v) is 5.45. The Balaban J connectivity index is 1.98. The van der Waals surface area contributed by atoms with E-state index in [9.17, 15) is 4.57 Å². The fourth-order valence-electron chi connectivity index (χ4n) is 3.26. The Labute approximate surface area is 172 Å². The zero-order valence-corrected chi connectivity index (χ0v) is 17.2. The molecule has 2 nitrogen and oxygen atoms in total. The van der Waals surface area contributed by atoms with E-state index in [0.29, 0.717) is 0 Å². The molecule has 0 radical (unpaired) electrons. The van der Waals surface area contributed by atoms with Gasteiger partial charge in [-0.15, -0.1) is 0 Å². The molecule has 0 aliphatic heterocycles. The summed E-state index contributed by atoms with van der Waals surface area (Å²) >= 11 is 0. The quantitative estimate of drug-likeness (QED) is 0.312. The minimum absolute atomic E-state index is 0.728. The van der Waals surface area contributed by atoms with Gasteiger partial charge in [-0.2, -0.15) is 0 Å². The van der Waals surface area contributed by atoms with E-state index < -0.39 is 7.29 Å². The maximum atomic E-state index is 14.5. The third-order valence-corrected chi connectivity index (χ3v) is 7.30. The lowest BCUT2D eigenvalue weighted by Crippen LogP contribution is -2.16. The minimum atomic E-state index is -3.24. The normalized spacial score (nSPS) is 12.0. The highest BCUT2D eigenvalue weighted by atomic mass is 31.2. The van der Waals surface area contributed by atoms with Gasteiger partial charge in [0.15, 0.2) is 0 Å². The molecule has 3 heteroatoms. The maximum Gasteiger partial charge on any atom is 0.247 e. The first kappa shape index (κ1) is 19.1. The highest BCUT2D eigenvalue weighted by Crippen LogP contribution is 2.46. The van der Waals surface area contributed by atoms with E-state index in [0.717, 1.165) is 27.4 Å². The Hall–Kier alpha value is -3.22. The van der Waals surface area contributed by atoms with Crippen LogP contribution in [-0.2, 0) is 4.57 Å². The molecule has 0 fully saturated rings. The highest BCUT2D eigenvalue weighted by Gasteiger charge is 2.27. The third-order valence-electron chi connectivity index (χ3n) is 4.83. The van der Waals surface area contributed by atoms with Crippen molar-refractivity contribution >= 4 is 23.6 Å². The molecule has 4 aromatic rings. The Bertz CT molecular complexity index is 1110. The minimum Gasteiger partial charge on any atom is -0.288 e. The van der Waals surface area contributed by atoms with Gasteiger partial charge in [0.25, 0.3) is 0 Å². The number of nitrogens with zero attached hydrogens (tertiary/aromatic N) is 1. The number of aryl methyl sites for hydroxylation is 1. The van der Waals surface area contributed by atoms with Crippen molar-refractivity contribution in [2.75, 3.05) is 0 Å². The van der Waals surface area contributed by atoms with Gasteiger partial charge < -0.3 is 0 Å². The largest absolute Gasteiger partial charge is 0.288 e. The second kappa shape index (κ2) is 8.43. The molecule has 0 amide bonds. The molecule has 0 saturated carbocycles. The fraction of sp³-hybridized carbons (Fsp3) is 0.0385. The molecule has 29 heavy (non-hydrogen) atoms. The van der Waals surface area contributed by atoms with Crippen LogP contribution in [0.1, 0.15) is 16.7 Å². The molecule has 0 aromatic heterocycles. The van der Waals surface area contributed by atoms with E-state index >= 15 is 0 Å². The van der Waals surface area contributed by atoms with Crippen LogP contribution >= 0.6 is 7.29 Å². The third kappa shape index (κ3) is 4.13. The van der Waals surface area contributed by atoms with Crippen LogP contribution in [0, 0.1) is 6.92 Å². The standard InChI is InChI=1S/C26H22NOP/c1-21-17-19-23(20-18-21)26(22-11-5-2-6-12-22)27-29(28,24-13-7-3-8-14-24)25-15-9-4-10-16-25/h2-20H,1H3/b27-26+. The zero-order valence-electron chi connectivity index (χ0n) is 16.3. The van der Waals surface area contributed by atoms with Crippen molar-refractivity contribution in [3.8, 4) is 0 Å². The summed E-state index contributed by atoms with van der Waals surface area (Å²) in [5.41, 5.74) is 3.81. The Morgan fingerprint density at radius 3 is 1.48 bits per heavy atom. The summed E-state index contributed by atoms with van der Waals surface area (Å²) in [4.78, 5) is 0. The first-order valence-electron chi connectivity index (χ1n) is 9.61. The van der Waals surface area contributed by atoms with E-state index in [1.807, 2.05) is 103 Å². The van der Waals surface area contributed by atoms with Gasteiger partial charge in [0, 0.05) is 21.7 Å². The second-order valence-corrected chi connectivity index (χ2v) is 9.31. The van der Waals surface area contributed by atoms with Crippen LogP contribution < -0.4 is 10.6 Å². The molecule has 0 aliphatic rings. The van der Waals surface area contributed by atoms with Gasteiger partial charge >= 0.3 is 0 Å². The van der Waals surface area contributed by atoms with Crippen LogP contribution in [0.3, 0.4) is 0 Å². The molecule has 0 N–H and O–H groups in total. The lowest BCUT2D eigenvalue weighted by molar-refractivity contribution is 0.588. The Morgan fingerprint density at radius 1 is 0.586 bits per heavy atom. The molecule has 0 atom stereocenters. The molecule has 0 aliphatic carbocycles. The molecule has 4 rings (SSSR count). The van der Waals surface area contributed by atoms with Crippen molar-refractivity contribution < 1.29 is 4.57 Å². The Morgan fingerprint density at radius 2 is 1.00 bits per heavy atom. The van der Waals surface area contributed by atoms with Crippen LogP contribution in [0.25, 0.3) is 0 Å². The monoisotopic (exact) mass is 395 g/mol. The van der Waals surface area contributed by atoms with Crippen LogP contribution in [0.4, 0.5) is 0 Å². The summed E-state index contributed by atoms with van der Waals surface area (Å²) in [5.74, 6) is 0. The van der Waals surface area contributed by atoms with Crippen molar-refractivity contribution in [1.82, 2.24) is 0 Å². The van der Waals surface area contributed by atoms with Crippen molar-refractivity contribution in [3.63, 3.8) is 0 Å². The van der Waals surface area contributed by atoms with Gasteiger partial charge in [0.1, 0.15) is 0 Å². The summed E-state index contributed by atoms with van der Waals surface area (Å²) in [7, 11) is -3.24. The predicted molar refractivity (Wildman–Crippen MR) is 123 cm³/mol. The van der Waals surface area contributed by atoms with Crippen LogP contribution in [-0.4, -0.2) is 5.71 Å². The summed E-state index contributed by atoms with van der Waals surface area (Å²) in [5, 5.41) is 1.46. The van der Waals surface area contributed by atoms with E-state index in [2.05, 4.69) is 19.1 Å². The average Bonchev–Trinajstić information content (AvgIpc) is 2.80. The van der Waals surface area contributed by atoms with Crippen molar-refractivity contribution in [3.05, 3.63) is 132 Å². The first-order valence-corrected chi connectivity index (χ1v) is 11.3. The maximum absolute atomic E-state index is 14.5. The first-order chi connectivity index (χ1) is 14.2. The molecule has 0 spiro atoms. The topological polar surface area (TPSA) is 29.4 Å². The highest BCUT2D eigenvalue weighted by molar-refractivity contribution is 7.77. The van der Waals surface area contributed by atoms with Gasteiger partial charge in [0.2, 0.25) is 7.29 Å². The number of hydrogen-bond donors (Lipinski definition) is 0.